The third-order valence-electron chi connectivity index (χ3n) is 2.49. The van der Waals surface area contributed by atoms with Gasteiger partial charge in [0.05, 0.1) is 12.8 Å². The second kappa shape index (κ2) is 8.55. The minimum absolute atomic E-state index is 0.00240. The third-order valence-corrected chi connectivity index (χ3v) is 2.49. The molecule has 0 bridgehead atoms. The van der Waals surface area contributed by atoms with E-state index < -0.39 is 29.7 Å². The topological polar surface area (TPSA) is 116 Å². The molecule has 1 aliphatic heterocycles. The second-order valence-electron chi connectivity index (χ2n) is 4.14. The summed E-state index contributed by atoms with van der Waals surface area (Å²) in [6.07, 6.45) is 0.334. The Balaban J connectivity index is 2.16. The van der Waals surface area contributed by atoms with Crippen molar-refractivity contribution in [3.63, 3.8) is 0 Å². The van der Waals surface area contributed by atoms with E-state index in [1.807, 2.05) is 0 Å². The summed E-state index contributed by atoms with van der Waals surface area (Å²) < 4.78 is 9.27. The predicted molar refractivity (Wildman–Crippen MR) is 68.5 cm³/mol. The standard InChI is InChI=1S/C13H15NO8/c1-2-11(17)20-7-8-21-12(18)5-6-13(19)22-14-9(15)3-4-10(14)16/h2H,1,3-8H2. The van der Waals surface area contributed by atoms with Crippen LogP contribution in [0.3, 0.4) is 0 Å². The number of esters is 2. The molecule has 0 N–H and O–H groups in total. The molecule has 0 aliphatic carbocycles. The molecule has 120 valence electrons. The summed E-state index contributed by atoms with van der Waals surface area (Å²) in [5.41, 5.74) is 0. The molecule has 0 spiro atoms. The van der Waals surface area contributed by atoms with Gasteiger partial charge in [0.25, 0.3) is 11.8 Å². The van der Waals surface area contributed by atoms with Crippen LogP contribution in [-0.4, -0.2) is 48.0 Å². The minimum Gasteiger partial charge on any atom is -0.462 e. The van der Waals surface area contributed by atoms with Crippen molar-refractivity contribution < 1.29 is 38.3 Å². The van der Waals surface area contributed by atoms with E-state index in [-0.39, 0.29) is 38.9 Å². The first-order chi connectivity index (χ1) is 10.4. The molecule has 9 heteroatoms. The predicted octanol–water partition coefficient (Wildman–Crippen LogP) is -0.354. The molecule has 1 rings (SSSR count). The van der Waals surface area contributed by atoms with Gasteiger partial charge in [0.1, 0.15) is 13.2 Å². The van der Waals surface area contributed by atoms with Crippen LogP contribution in [-0.2, 0) is 38.3 Å². The van der Waals surface area contributed by atoms with Crippen LogP contribution in [0.1, 0.15) is 25.7 Å². The molecular formula is C13H15NO8. The van der Waals surface area contributed by atoms with E-state index in [9.17, 15) is 24.0 Å². The summed E-state index contributed by atoms with van der Waals surface area (Å²) in [4.78, 5) is 60.3. The lowest BCUT2D eigenvalue weighted by Crippen LogP contribution is -2.32. The zero-order valence-corrected chi connectivity index (χ0v) is 11.7. The van der Waals surface area contributed by atoms with Crippen molar-refractivity contribution in [2.45, 2.75) is 25.7 Å². The van der Waals surface area contributed by atoms with Gasteiger partial charge in [-0.3, -0.25) is 14.4 Å². The van der Waals surface area contributed by atoms with Crippen molar-refractivity contribution in [1.29, 1.82) is 0 Å². The molecule has 0 radical (unpaired) electrons. The van der Waals surface area contributed by atoms with Gasteiger partial charge in [0.15, 0.2) is 0 Å². The number of amides is 2. The molecule has 0 saturated carbocycles. The molecular weight excluding hydrogens is 298 g/mol. The number of rotatable bonds is 8. The van der Waals surface area contributed by atoms with Crippen LogP contribution in [0.5, 0.6) is 0 Å². The average Bonchev–Trinajstić information content (AvgIpc) is 2.81. The maximum absolute atomic E-state index is 11.4. The SMILES string of the molecule is C=CC(=O)OCCOC(=O)CCC(=O)ON1C(=O)CCC1=O. The normalized spacial score (nSPS) is 13.7. The number of ether oxygens (including phenoxy) is 2. The van der Waals surface area contributed by atoms with Crippen molar-refractivity contribution in [1.82, 2.24) is 5.06 Å². The number of carbonyl (C=O) groups is 5. The number of carbonyl (C=O) groups excluding carboxylic acids is 5. The van der Waals surface area contributed by atoms with Crippen LogP contribution in [0, 0.1) is 0 Å². The lowest BCUT2D eigenvalue weighted by Gasteiger charge is -2.12. The summed E-state index contributed by atoms with van der Waals surface area (Å²) in [6.45, 7) is 2.91. The summed E-state index contributed by atoms with van der Waals surface area (Å²) in [5, 5.41) is 0.405. The fourth-order valence-corrected chi connectivity index (χ4v) is 1.44. The van der Waals surface area contributed by atoms with E-state index in [4.69, 9.17) is 4.74 Å². The first-order valence-corrected chi connectivity index (χ1v) is 6.45. The zero-order valence-electron chi connectivity index (χ0n) is 11.7. The Labute approximate surface area is 125 Å². The molecule has 9 nitrogen and oxygen atoms in total. The highest BCUT2D eigenvalue weighted by atomic mass is 16.7. The number of nitrogens with zero attached hydrogens (tertiary/aromatic N) is 1. The maximum atomic E-state index is 11.4. The molecule has 22 heavy (non-hydrogen) atoms. The Hall–Kier alpha value is -2.71. The summed E-state index contributed by atoms with van der Waals surface area (Å²) >= 11 is 0. The fraction of sp³-hybridized carbons (Fsp3) is 0.462. The monoisotopic (exact) mass is 313 g/mol. The minimum atomic E-state index is -0.890. The van der Waals surface area contributed by atoms with E-state index in [0.717, 1.165) is 6.08 Å². The van der Waals surface area contributed by atoms with Gasteiger partial charge in [-0.05, 0) is 0 Å². The quantitative estimate of drug-likeness (QED) is 0.258. The van der Waals surface area contributed by atoms with E-state index in [1.165, 1.54) is 0 Å². The Morgan fingerprint density at radius 1 is 1.00 bits per heavy atom. The summed E-state index contributed by atoms with van der Waals surface area (Å²) in [6, 6.07) is 0. The van der Waals surface area contributed by atoms with Crippen molar-refractivity contribution in [2.24, 2.45) is 0 Å². The van der Waals surface area contributed by atoms with Crippen molar-refractivity contribution >= 4 is 29.7 Å². The highest BCUT2D eigenvalue weighted by Gasteiger charge is 2.32. The van der Waals surface area contributed by atoms with E-state index >= 15 is 0 Å². The van der Waals surface area contributed by atoms with Crippen molar-refractivity contribution in [2.75, 3.05) is 13.2 Å². The summed E-state index contributed by atoms with van der Waals surface area (Å²) in [5.74, 6) is -3.42. The maximum Gasteiger partial charge on any atom is 0.333 e. The molecule has 0 aromatic heterocycles. The Kier molecular flexibility index (Phi) is 6.74. The molecule has 0 atom stereocenters. The van der Waals surface area contributed by atoms with Gasteiger partial charge in [-0.25, -0.2) is 9.59 Å². The fourth-order valence-electron chi connectivity index (χ4n) is 1.44. The van der Waals surface area contributed by atoms with Crippen LogP contribution >= 0.6 is 0 Å². The molecule has 2 amide bonds. The second-order valence-corrected chi connectivity index (χ2v) is 4.14. The molecule has 0 unspecified atom stereocenters. The van der Waals surface area contributed by atoms with Crippen molar-refractivity contribution in [3.8, 4) is 0 Å². The lowest BCUT2D eigenvalue weighted by molar-refractivity contribution is -0.197. The molecule has 0 aromatic carbocycles. The van der Waals surface area contributed by atoms with Gasteiger partial charge in [-0.15, -0.1) is 5.06 Å². The average molecular weight is 313 g/mol. The van der Waals surface area contributed by atoms with E-state index in [0.29, 0.717) is 5.06 Å². The summed E-state index contributed by atoms with van der Waals surface area (Å²) in [7, 11) is 0. The highest BCUT2D eigenvalue weighted by molar-refractivity contribution is 6.01. The first kappa shape index (κ1) is 17.3. The molecule has 0 aromatic rings. The number of hydrogen-bond donors (Lipinski definition) is 0. The number of hydrogen-bond acceptors (Lipinski definition) is 8. The third kappa shape index (κ3) is 5.73. The van der Waals surface area contributed by atoms with Crippen LogP contribution in [0.4, 0.5) is 0 Å². The van der Waals surface area contributed by atoms with Gasteiger partial charge in [-0.2, -0.15) is 0 Å². The van der Waals surface area contributed by atoms with Crippen LogP contribution in [0.25, 0.3) is 0 Å². The molecule has 1 heterocycles. The van der Waals surface area contributed by atoms with Crippen molar-refractivity contribution in [3.05, 3.63) is 12.7 Å². The van der Waals surface area contributed by atoms with E-state index in [1.54, 1.807) is 0 Å². The van der Waals surface area contributed by atoms with Gasteiger partial charge in [-0.1, -0.05) is 6.58 Å². The number of hydroxylamine groups is 2. The van der Waals surface area contributed by atoms with Crippen LogP contribution < -0.4 is 0 Å². The van der Waals surface area contributed by atoms with Gasteiger partial charge < -0.3 is 14.3 Å². The largest absolute Gasteiger partial charge is 0.462 e. The first-order valence-electron chi connectivity index (χ1n) is 6.45. The van der Waals surface area contributed by atoms with E-state index in [2.05, 4.69) is 16.2 Å². The van der Waals surface area contributed by atoms with Crippen LogP contribution in [0.15, 0.2) is 12.7 Å². The smallest absolute Gasteiger partial charge is 0.333 e. The van der Waals surface area contributed by atoms with Gasteiger partial charge >= 0.3 is 17.9 Å². The number of imide groups is 1. The Morgan fingerprint density at radius 2 is 1.55 bits per heavy atom. The Morgan fingerprint density at radius 3 is 2.14 bits per heavy atom. The Bertz CT molecular complexity index is 482. The molecule has 1 aliphatic rings. The molecule has 1 saturated heterocycles. The lowest BCUT2D eigenvalue weighted by atomic mass is 10.3. The van der Waals surface area contributed by atoms with Crippen LogP contribution in [0.2, 0.25) is 0 Å². The van der Waals surface area contributed by atoms with Gasteiger partial charge in [0, 0.05) is 18.9 Å². The molecule has 1 fully saturated rings. The van der Waals surface area contributed by atoms with Gasteiger partial charge in [0.2, 0.25) is 0 Å². The highest BCUT2D eigenvalue weighted by Crippen LogP contribution is 2.12. The zero-order chi connectivity index (χ0) is 16.5.